The van der Waals surface area contributed by atoms with Crippen molar-refractivity contribution in [2.24, 2.45) is 5.14 Å². The molecule has 2 N–H and O–H groups in total. The molecule has 0 saturated carbocycles. The maximum Gasteiger partial charge on any atom is 0.238 e. The fourth-order valence-corrected chi connectivity index (χ4v) is 6.16. The van der Waals surface area contributed by atoms with Crippen molar-refractivity contribution in [3.8, 4) is 21.7 Å². The van der Waals surface area contributed by atoms with Crippen molar-refractivity contribution >= 4 is 38.1 Å². The van der Waals surface area contributed by atoms with Crippen molar-refractivity contribution in [2.45, 2.75) is 56.5 Å². The Labute approximate surface area is 192 Å². The Morgan fingerprint density at radius 2 is 1.74 bits per heavy atom. The summed E-state index contributed by atoms with van der Waals surface area (Å²) in [7, 11) is -3.73. The second-order valence-corrected chi connectivity index (χ2v) is 11.0. The largest absolute Gasteiger partial charge is 0.342 e. The number of nitrogens with zero attached hydrogens (tertiary/aromatic N) is 2. The lowest BCUT2D eigenvalue weighted by Crippen LogP contribution is -2.45. The van der Waals surface area contributed by atoms with Crippen molar-refractivity contribution in [2.75, 3.05) is 4.90 Å². The lowest BCUT2D eigenvalue weighted by molar-refractivity contribution is 0.388. The first kappa shape index (κ1) is 22.3. The molecule has 164 valence electrons. The first-order valence-electron chi connectivity index (χ1n) is 10.5. The van der Waals surface area contributed by atoms with Crippen LogP contribution in [0.25, 0.3) is 21.7 Å². The second kappa shape index (κ2) is 8.90. The van der Waals surface area contributed by atoms with E-state index >= 15 is 0 Å². The molecule has 0 radical (unpaired) electrons. The summed E-state index contributed by atoms with van der Waals surface area (Å²) in [5, 5.41) is 6.96. The molecule has 1 aliphatic rings. The number of primary sulfonamides is 1. The highest BCUT2D eigenvalue weighted by atomic mass is 35.5. The van der Waals surface area contributed by atoms with Crippen LogP contribution in [0, 0.1) is 0 Å². The molecule has 1 aromatic heterocycles. The van der Waals surface area contributed by atoms with Gasteiger partial charge in [0.25, 0.3) is 0 Å². The molecule has 0 aliphatic carbocycles. The number of nitrogens with two attached hydrogens (primary N) is 1. The minimum Gasteiger partial charge on any atom is -0.342 e. The van der Waals surface area contributed by atoms with Crippen LogP contribution in [-0.4, -0.2) is 25.5 Å². The van der Waals surface area contributed by atoms with E-state index < -0.39 is 10.0 Å². The quantitative estimate of drug-likeness (QED) is 0.495. The zero-order valence-corrected chi connectivity index (χ0v) is 20.0. The Balaban J connectivity index is 1.84. The topological polar surface area (TPSA) is 76.3 Å². The summed E-state index contributed by atoms with van der Waals surface area (Å²) in [5.74, 6) is 0. The van der Waals surface area contributed by atoms with Crippen molar-refractivity contribution in [1.82, 2.24) is 4.98 Å². The van der Waals surface area contributed by atoms with Gasteiger partial charge in [0.05, 0.1) is 15.5 Å². The highest BCUT2D eigenvalue weighted by Crippen LogP contribution is 2.43. The van der Waals surface area contributed by atoms with E-state index in [2.05, 4.69) is 18.7 Å². The number of sulfonamides is 1. The third kappa shape index (κ3) is 4.65. The molecule has 1 fully saturated rings. The maximum atomic E-state index is 11.7. The molecule has 2 heterocycles. The normalized spacial score (nSPS) is 19.5. The number of aromatic nitrogens is 1. The highest BCUT2D eigenvalue weighted by Gasteiger charge is 2.30. The Bertz CT molecular complexity index is 1160. The number of anilines is 1. The molecular formula is C23H26ClN3O2S2. The fourth-order valence-electron chi connectivity index (χ4n) is 4.25. The monoisotopic (exact) mass is 475 g/mol. The Morgan fingerprint density at radius 1 is 1.10 bits per heavy atom. The van der Waals surface area contributed by atoms with E-state index in [1.807, 2.05) is 24.3 Å². The van der Waals surface area contributed by atoms with Crippen LogP contribution in [0.3, 0.4) is 0 Å². The zero-order valence-electron chi connectivity index (χ0n) is 17.6. The molecule has 5 nitrogen and oxygen atoms in total. The molecule has 4 rings (SSSR count). The van der Waals surface area contributed by atoms with E-state index in [-0.39, 0.29) is 4.90 Å². The van der Waals surface area contributed by atoms with Gasteiger partial charge in [0.2, 0.25) is 10.0 Å². The minimum atomic E-state index is -3.73. The van der Waals surface area contributed by atoms with Crippen LogP contribution in [0.1, 0.15) is 39.5 Å². The number of benzene rings is 2. The molecule has 2 atom stereocenters. The molecular weight excluding hydrogens is 450 g/mol. The van der Waals surface area contributed by atoms with E-state index in [9.17, 15) is 8.42 Å². The summed E-state index contributed by atoms with van der Waals surface area (Å²) in [6, 6.07) is 15.3. The van der Waals surface area contributed by atoms with Gasteiger partial charge in [-0.05, 0) is 62.4 Å². The molecule has 1 saturated heterocycles. The van der Waals surface area contributed by atoms with Crippen LogP contribution in [0.15, 0.2) is 53.4 Å². The van der Waals surface area contributed by atoms with Crippen molar-refractivity contribution in [3.63, 3.8) is 0 Å². The second-order valence-electron chi connectivity index (χ2n) is 8.00. The third-order valence-electron chi connectivity index (χ3n) is 5.90. The summed E-state index contributed by atoms with van der Waals surface area (Å²) in [4.78, 5) is 8.66. The molecule has 0 amide bonds. The van der Waals surface area contributed by atoms with Gasteiger partial charge in [-0.25, -0.2) is 18.5 Å². The third-order valence-corrected chi connectivity index (χ3v) is 8.20. The first-order valence-corrected chi connectivity index (χ1v) is 13.2. The van der Waals surface area contributed by atoms with Crippen molar-refractivity contribution in [1.29, 1.82) is 0 Å². The summed E-state index contributed by atoms with van der Waals surface area (Å²) in [6.07, 6.45) is 4.66. The van der Waals surface area contributed by atoms with Gasteiger partial charge in [-0.15, -0.1) is 0 Å². The number of rotatable bonds is 5. The number of thiazole rings is 1. The van der Waals surface area contributed by atoms with Gasteiger partial charge in [0.15, 0.2) is 5.13 Å². The van der Waals surface area contributed by atoms with E-state index in [0.29, 0.717) is 17.1 Å². The van der Waals surface area contributed by atoms with Crippen LogP contribution in [-0.2, 0) is 10.0 Å². The van der Waals surface area contributed by atoms with Gasteiger partial charge in [-0.1, -0.05) is 54.1 Å². The summed E-state index contributed by atoms with van der Waals surface area (Å²) in [5.41, 5.74) is 2.78. The smallest absolute Gasteiger partial charge is 0.238 e. The first-order chi connectivity index (χ1) is 14.8. The molecule has 0 spiro atoms. The average Bonchev–Trinajstić information content (AvgIpc) is 3.18. The van der Waals surface area contributed by atoms with Crippen LogP contribution >= 0.6 is 22.9 Å². The molecule has 1 aliphatic heterocycles. The van der Waals surface area contributed by atoms with Crippen LogP contribution in [0.5, 0.6) is 0 Å². The van der Waals surface area contributed by atoms with Gasteiger partial charge in [0, 0.05) is 22.7 Å². The van der Waals surface area contributed by atoms with Crippen molar-refractivity contribution < 1.29 is 8.42 Å². The Morgan fingerprint density at radius 3 is 2.35 bits per heavy atom. The number of piperidine rings is 1. The standard InChI is InChI=1S/C23H26ClN3O2S2/c1-3-19-6-4-5-15(2)27(19)23-26-21(16-7-11-18(24)12-8-16)22(30-23)17-9-13-20(14-10-17)31(25,28)29/h7-15,19H,3-6H2,1-2H3,(H2,25,28,29). The summed E-state index contributed by atoms with van der Waals surface area (Å²) in [6.45, 7) is 4.50. The van der Waals surface area contributed by atoms with Gasteiger partial charge >= 0.3 is 0 Å². The van der Waals surface area contributed by atoms with E-state index in [4.69, 9.17) is 21.7 Å². The van der Waals surface area contributed by atoms with Gasteiger partial charge in [-0.3, -0.25) is 0 Å². The molecule has 31 heavy (non-hydrogen) atoms. The van der Waals surface area contributed by atoms with Gasteiger partial charge < -0.3 is 4.90 Å². The van der Waals surface area contributed by atoms with E-state index in [1.54, 1.807) is 35.6 Å². The molecule has 8 heteroatoms. The summed E-state index contributed by atoms with van der Waals surface area (Å²) >= 11 is 7.76. The van der Waals surface area contributed by atoms with Gasteiger partial charge in [-0.2, -0.15) is 0 Å². The zero-order chi connectivity index (χ0) is 22.2. The predicted molar refractivity (Wildman–Crippen MR) is 129 cm³/mol. The Hall–Kier alpha value is -1.93. The van der Waals surface area contributed by atoms with E-state index in [0.717, 1.165) is 39.7 Å². The number of hydrogen-bond acceptors (Lipinski definition) is 5. The molecule has 3 aromatic rings. The highest BCUT2D eigenvalue weighted by molar-refractivity contribution is 7.89. The van der Waals surface area contributed by atoms with Crippen LogP contribution in [0.4, 0.5) is 5.13 Å². The van der Waals surface area contributed by atoms with Crippen LogP contribution < -0.4 is 10.0 Å². The lowest BCUT2D eigenvalue weighted by Gasteiger charge is -2.40. The lowest BCUT2D eigenvalue weighted by atomic mass is 9.95. The van der Waals surface area contributed by atoms with Gasteiger partial charge in [0.1, 0.15) is 0 Å². The molecule has 0 bridgehead atoms. The van der Waals surface area contributed by atoms with E-state index in [1.165, 1.54) is 12.8 Å². The van der Waals surface area contributed by atoms with Crippen molar-refractivity contribution in [3.05, 3.63) is 53.6 Å². The maximum absolute atomic E-state index is 11.7. The number of hydrogen-bond donors (Lipinski definition) is 1. The van der Waals surface area contributed by atoms with Crippen LogP contribution in [0.2, 0.25) is 5.02 Å². The predicted octanol–water partition coefficient (Wildman–Crippen LogP) is 5.94. The minimum absolute atomic E-state index is 0.102. The SMILES string of the molecule is CCC1CCCC(C)N1c1nc(-c2ccc(Cl)cc2)c(-c2ccc(S(N)(=O)=O)cc2)s1. The number of halogens is 1. The molecule has 2 unspecified atom stereocenters. The fraction of sp³-hybridized carbons (Fsp3) is 0.348. The average molecular weight is 476 g/mol. The Kier molecular flexibility index (Phi) is 6.40. The summed E-state index contributed by atoms with van der Waals surface area (Å²) < 4.78 is 23.3. The molecule has 2 aromatic carbocycles.